The standard InChI is InChI=1S/C30H41N9O/c1-36-9-6-23(7-10-36)37-12-13-39-24(17-37)19-40-28-15-22(4-5-27(28)39)33-29-30-31-8-11-38(30)18-26(34-29)20-2-3-21-16-32-35-25(21)14-20/h4-5,8,11,15,18,20-21,23-25,32,35H,2-3,6-7,9-10,12-14,16-17,19H2,1H3,(H,33,34)/t20?,21?,24-,25?/m1/s1. The quantitative estimate of drug-likeness (QED) is 0.460. The van der Waals surface area contributed by atoms with E-state index in [0.717, 1.165) is 79.8 Å². The summed E-state index contributed by atoms with van der Waals surface area (Å²) in [6.07, 6.45) is 12.1. The SMILES string of the molecule is CN1CCC(N2CCN3c4ccc(Nc5nc(C6CCC7CNNC7C6)cn6ccnc56)cc4OC[C@H]3C2)CC1. The van der Waals surface area contributed by atoms with Crippen LogP contribution in [0.15, 0.2) is 36.8 Å². The molecule has 3 unspecified atom stereocenters. The second-order valence-electron chi connectivity index (χ2n) is 12.6. The van der Waals surface area contributed by atoms with Crippen LogP contribution < -0.4 is 25.8 Å². The minimum Gasteiger partial charge on any atom is -0.489 e. The molecule has 10 heteroatoms. The Balaban J connectivity index is 0.997. The minimum atomic E-state index is 0.419. The van der Waals surface area contributed by atoms with Crippen LogP contribution in [0.1, 0.15) is 43.7 Å². The Morgan fingerprint density at radius 2 is 1.98 bits per heavy atom. The number of fused-ring (bicyclic) bond motifs is 5. The van der Waals surface area contributed by atoms with Crippen molar-refractivity contribution in [3.63, 3.8) is 0 Å². The molecule has 0 bridgehead atoms. The number of nitrogens with one attached hydrogen (secondary N) is 3. The number of rotatable bonds is 4. The lowest BCUT2D eigenvalue weighted by molar-refractivity contribution is 0.0868. The van der Waals surface area contributed by atoms with Gasteiger partial charge in [0.15, 0.2) is 11.5 Å². The summed E-state index contributed by atoms with van der Waals surface area (Å²) >= 11 is 0. The van der Waals surface area contributed by atoms with E-state index in [1.807, 2.05) is 12.4 Å². The van der Waals surface area contributed by atoms with Gasteiger partial charge in [-0.3, -0.25) is 15.8 Å². The van der Waals surface area contributed by atoms with Crippen LogP contribution in [0.5, 0.6) is 5.75 Å². The van der Waals surface area contributed by atoms with Crippen LogP contribution in [0.3, 0.4) is 0 Å². The molecule has 212 valence electrons. The first-order valence-corrected chi connectivity index (χ1v) is 15.2. The Hall–Kier alpha value is -2.92. The highest BCUT2D eigenvalue weighted by atomic mass is 16.5. The predicted molar refractivity (Wildman–Crippen MR) is 156 cm³/mol. The van der Waals surface area contributed by atoms with Gasteiger partial charge in [0.25, 0.3) is 0 Å². The fourth-order valence-corrected chi connectivity index (χ4v) is 7.77. The van der Waals surface area contributed by atoms with Crippen LogP contribution in [0.4, 0.5) is 17.2 Å². The van der Waals surface area contributed by atoms with E-state index >= 15 is 0 Å². The van der Waals surface area contributed by atoms with Gasteiger partial charge in [0.1, 0.15) is 12.4 Å². The van der Waals surface area contributed by atoms with Crippen molar-refractivity contribution in [2.45, 2.75) is 56.1 Å². The number of aromatic nitrogens is 3. The van der Waals surface area contributed by atoms with Crippen molar-refractivity contribution >= 4 is 22.8 Å². The zero-order valence-electron chi connectivity index (χ0n) is 23.4. The van der Waals surface area contributed by atoms with Crippen molar-refractivity contribution in [2.24, 2.45) is 5.92 Å². The van der Waals surface area contributed by atoms with Crippen LogP contribution in [0.2, 0.25) is 0 Å². The number of likely N-dealkylation sites (tertiary alicyclic amines) is 1. The number of ether oxygens (including phenoxy) is 1. The van der Waals surface area contributed by atoms with E-state index in [4.69, 9.17) is 9.72 Å². The van der Waals surface area contributed by atoms with E-state index in [1.54, 1.807) is 0 Å². The minimum absolute atomic E-state index is 0.419. The molecule has 1 aliphatic carbocycles. The first-order chi connectivity index (χ1) is 19.7. The lowest BCUT2D eigenvalue weighted by Crippen LogP contribution is -2.60. The van der Waals surface area contributed by atoms with E-state index < -0.39 is 0 Å². The molecule has 3 saturated heterocycles. The fourth-order valence-electron chi connectivity index (χ4n) is 7.77. The molecular formula is C30H41N9O. The zero-order valence-corrected chi connectivity index (χ0v) is 23.4. The smallest absolute Gasteiger partial charge is 0.180 e. The number of piperazine rings is 1. The van der Waals surface area contributed by atoms with E-state index in [-0.39, 0.29) is 0 Å². The van der Waals surface area contributed by atoms with Gasteiger partial charge in [-0.15, -0.1) is 0 Å². The molecule has 4 atom stereocenters. The van der Waals surface area contributed by atoms with Crippen LogP contribution in [-0.4, -0.2) is 95.2 Å². The van der Waals surface area contributed by atoms with Gasteiger partial charge in [0.05, 0.1) is 17.4 Å². The van der Waals surface area contributed by atoms with Crippen LogP contribution in [0, 0.1) is 5.92 Å². The van der Waals surface area contributed by atoms with E-state index in [2.05, 4.69) is 71.7 Å². The summed E-state index contributed by atoms with van der Waals surface area (Å²) in [4.78, 5) is 17.5. The molecule has 3 aromatic rings. The molecule has 6 heterocycles. The number of hydrogen-bond acceptors (Lipinski definition) is 9. The maximum Gasteiger partial charge on any atom is 0.180 e. The van der Waals surface area contributed by atoms with E-state index in [1.165, 1.54) is 44.5 Å². The molecule has 4 fully saturated rings. The Kier molecular flexibility index (Phi) is 6.32. The van der Waals surface area contributed by atoms with E-state index in [9.17, 15) is 0 Å². The molecule has 2 aromatic heterocycles. The Morgan fingerprint density at radius 1 is 1.05 bits per heavy atom. The number of anilines is 3. The molecule has 10 nitrogen and oxygen atoms in total. The summed E-state index contributed by atoms with van der Waals surface area (Å²) in [5.74, 6) is 2.95. The lowest BCUT2D eigenvalue weighted by Gasteiger charge is -2.48. The van der Waals surface area contributed by atoms with Gasteiger partial charge in [-0.2, -0.15) is 0 Å². The number of benzene rings is 1. The average molecular weight is 544 g/mol. The summed E-state index contributed by atoms with van der Waals surface area (Å²) in [6.45, 7) is 7.53. The molecule has 3 N–H and O–H groups in total. The van der Waals surface area contributed by atoms with Gasteiger partial charge < -0.3 is 24.3 Å². The fraction of sp³-hybridized carbons (Fsp3) is 0.600. The molecular weight excluding hydrogens is 502 g/mol. The third-order valence-electron chi connectivity index (χ3n) is 10.1. The molecule has 4 aliphatic heterocycles. The molecule has 40 heavy (non-hydrogen) atoms. The summed E-state index contributed by atoms with van der Waals surface area (Å²) in [5, 5.41) is 3.60. The number of nitrogens with zero attached hydrogens (tertiary/aromatic N) is 6. The van der Waals surface area contributed by atoms with Crippen molar-refractivity contribution in [1.29, 1.82) is 0 Å². The normalized spacial score (nSPS) is 29.6. The molecule has 1 aromatic carbocycles. The monoisotopic (exact) mass is 543 g/mol. The first kappa shape index (κ1) is 24.8. The van der Waals surface area contributed by atoms with Crippen molar-refractivity contribution in [2.75, 3.05) is 63.1 Å². The first-order valence-electron chi connectivity index (χ1n) is 15.2. The maximum absolute atomic E-state index is 6.38. The lowest BCUT2D eigenvalue weighted by atomic mass is 9.78. The summed E-state index contributed by atoms with van der Waals surface area (Å²) in [6, 6.07) is 8.20. The van der Waals surface area contributed by atoms with Crippen LogP contribution in [0.25, 0.3) is 5.65 Å². The third-order valence-corrected chi connectivity index (χ3v) is 10.1. The highest BCUT2D eigenvalue weighted by molar-refractivity contribution is 5.74. The predicted octanol–water partition coefficient (Wildman–Crippen LogP) is 2.81. The van der Waals surface area contributed by atoms with Crippen molar-refractivity contribution in [1.82, 2.24) is 35.0 Å². The van der Waals surface area contributed by atoms with Crippen LogP contribution >= 0.6 is 0 Å². The topological polar surface area (TPSA) is 85.2 Å². The molecule has 8 rings (SSSR count). The number of hydrazine groups is 1. The van der Waals surface area contributed by atoms with Crippen molar-refractivity contribution in [3.05, 3.63) is 42.5 Å². The zero-order chi connectivity index (χ0) is 26.6. The molecule has 5 aliphatic rings. The second-order valence-corrected chi connectivity index (χ2v) is 12.6. The summed E-state index contributed by atoms with van der Waals surface area (Å²) < 4.78 is 8.50. The highest BCUT2D eigenvalue weighted by Crippen LogP contribution is 2.40. The molecule has 0 radical (unpaired) electrons. The summed E-state index contributed by atoms with van der Waals surface area (Å²) in [5.41, 5.74) is 11.0. The Morgan fingerprint density at radius 3 is 2.90 bits per heavy atom. The maximum atomic E-state index is 6.38. The Labute approximate surface area is 236 Å². The Bertz CT molecular complexity index is 1370. The van der Waals surface area contributed by atoms with Gasteiger partial charge in [0, 0.05) is 74.5 Å². The number of piperidine rings is 1. The van der Waals surface area contributed by atoms with E-state index in [0.29, 0.717) is 18.0 Å². The molecule has 1 saturated carbocycles. The number of hydrogen-bond donors (Lipinski definition) is 3. The van der Waals surface area contributed by atoms with Gasteiger partial charge in [-0.25, -0.2) is 9.97 Å². The van der Waals surface area contributed by atoms with Crippen LogP contribution in [-0.2, 0) is 0 Å². The molecule has 0 amide bonds. The van der Waals surface area contributed by atoms with Gasteiger partial charge in [0.2, 0.25) is 0 Å². The van der Waals surface area contributed by atoms with Gasteiger partial charge >= 0.3 is 0 Å². The van der Waals surface area contributed by atoms with Gasteiger partial charge in [-0.05, 0) is 70.3 Å². The molecule has 0 spiro atoms. The third kappa shape index (κ3) is 4.51. The van der Waals surface area contributed by atoms with Crippen molar-refractivity contribution in [3.8, 4) is 5.75 Å². The van der Waals surface area contributed by atoms with Gasteiger partial charge in [-0.1, -0.05) is 0 Å². The second kappa shape index (κ2) is 10.2. The summed E-state index contributed by atoms with van der Waals surface area (Å²) in [7, 11) is 2.24. The van der Waals surface area contributed by atoms with Crippen molar-refractivity contribution < 1.29 is 4.74 Å². The average Bonchev–Trinajstić information content (AvgIpc) is 3.66. The largest absolute Gasteiger partial charge is 0.489 e. The number of imidazole rings is 1. The highest BCUT2D eigenvalue weighted by Gasteiger charge is 2.37.